The zero-order chi connectivity index (χ0) is 22.1. The molecular formula is C19H19F3N4O4. The van der Waals surface area contributed by atoms with E-state index in [9.17, 15) is 27.9 Å². The zero-order valence-electron chi connectivity index (χ0n) is 16.0. The van der Waals surface area contributed by atoms with Crippen molar-refractivity contribution in [2.45, 2.75) is 31.9 Å². The molecule has 3 rings (SSSR count). The lowest BCUT2D eigenvalue weighted by molar-refractivity contribution is -0.274. The number of amides is 3. The van der Waals surface area contributed by atoms with E-state index in [1.807, 2.05) is 0 Å². The monoisotopic (exact) mass is 424 g/mol. The molecule has 8 nitrogen and oxygen atoms in total. The quantitative estimate of drug-likeness (QED) is 0.700. The summed E-state index contributed by atoms with van der Waals surface area (Å²) in [4.78, 5) is 30.1. The number of benzene rings is 1. The van der Waals surface area contributed by atoms with Crippen LogP contribution in [0.5, 0.6) is 5.75 Å². The fourth-order valence-electron chi connectivity index (χ4n) is 3.02. The number of alkyl halides is 3. The first kappa shape index (κ1) is 21.4. The van der Waals surface area contributed by atoms with E-state index in [1.165, 1.54) is 32.2 Å². The number of aromatic nitrogens is 1. The summed E-state index contributed by atoms with van der Waals surface area (Å²) in [5.41, 5.74) is -0.780. The highest BCUT2D eigenvalue weighted by Crippen LogP contribution is 2.31. The number of aliphatic hydroxyl groups is 1. The topological polar surface area (TPSA) is 104 Å². The Morgan fingerprint density at radius 2 is 1.93 bits per heavy atom. The van der Waals surface area contributed by atoms with Crippen molar-refractivity contribution >= 4 is 23.4 Å². The van der Waals surface area contributed by atoms with Gasteiger partial charge in [-0.25, -0.2) is 9.78 Å². The van der Waals surface area contributed by atoms with Gasteiger partial charge in [-0.3, -0.25) is 9.69 Å². The van der Waals surface area contributed by atoms with E-state index in [0.29, 0.717) is 11.3 Å². The minimum atomic E-state index is -4.83. The van der Waals surface area contributed by atoms with Crippen LogP contribution in [-0.2, 0) is 4.79 Å². The molecular weight excluding hydrogens is 405 g/mol. The summed E-state index contributed by atoms with van der Waals surface area (Å²) in [5.74, 6) is -0.616. The molecule has 1 aromatic heterocycles. The highest BCUT2D eigenvalue weighted by molar-refractivity contribution is 6.08. The number of hydrogen-bond donors (Lipinski definition) is 3. The van der Waals surface area contributed by atoms with Gasteiger partial charge in [-0.15, -0.1) is 13.2 Å². The Kier molecular flexibility index (Phi) is 5.57. The van der Waals surface area contributed by atoms with Crippen molar-refractivity contribution < 1.29 is 32.6 Å². The number of carbonyl (C=O) groups excluding carboxylic acids is 2. The second-order valence-corrected chi connectivity index (χ2v) is 7.16. The lowest BCUT2D eigenvalue weighted by atomic mass is 9.92. The van der Waals surface area contributed by atoms with Crippen LogP contribution >= 0.6 is 0 Å². The molecule has 2 heterocycles. The van der Waals surface area contributed by atoms with Gasteiger partial charge in [0.25, 0.3) is 0 Å². The summed E-state index contributed by atoms with van der Waals surface area (Å²) in [6, 6.07) is 6.27. The Bertz CT molecular complexity index is 942. The molecule has 1 aliphatic rings. The summed E-state index contributed by atoms with van der Waals surface area (Å²) in [7, 11) is 0. The second-order valence-electron chi connectivity index (χ2n) is 7.16. The number of urea groups is 1. The van der Waals surface area contributed by atoms with Crippen molar-refractivity contribution in [3.63, 3.8) is 0 Å². The third kappa shape index (κ3) is 4.98. The summed E-state index contributed by atoms with van der Waals surface area (Å²) in [6.45, 7) is 2.59. The number of pyridine rings is 1. The normalized spacial score (nSPS) is 15.1. The number of anilines is 2. The lowest BCUT2D eigenvalue weighted by Crippen LogP contribution is -2.51. The fraction of sp³-hybridized carbons (Fsp3) is 0.316. The van der Waals surface area contributed by atoms with E-state index in [-0.39, 0.29) is 12.4 Å². The van der Waals surface area contributed by atoms with Gasteiger partial charge in [0.15, 0.2) is 5.82 Å². The second kappa shape index (κ2) is 7.82. The van der Waals surface area contributed by atoms with Crippen LogP contribution in [0, 0.1) is 0 Å². The molecule has 30 heavy (non-hydrogen) atoms. The predicted molar refractivity (Wildman–Crippen MR) is 101 cm³/mol. The first-order valence-electron chi connectivity index (χ1n) is 8.85. The average Bonchev–Trinajstić information content (AvgIpc) is 2.64. The molecule has 0 saturated heterocycles. The van der Waals surface area contributed by atoms with Gasteiger partial charge in [0.05, 0.1) is 17.3 Å². The predicted octanol–water partition coefficient (Wildman–Crippen LogP) is 2.96. The Balaban J connectivity index is 1.84. The molecule has 1 aliphatic heterocycles. The van der Waals surface area contributed by atoms with Gasteiger partial charge in [0.2, 0.25) is 5.91 Å². The molecule has 0 fully saturated rings. The largest absolute Gasteiger partial charge is 0.573 e. The molecule has 0 spiro atoms. The van der Waals surface area contributed by atoms with Gasteiger partial charge in [-0.05, 0) is 43.7 Å². The summed E-state index contributed by atoms with van der Waals surface area (Å²) in [5, 5.41) is 15.8. The van der Waals surface area contributed by atoms with E-state index in [1.54, 1.807) is 12.1 Å². The number of hydrogen-bond acceptors (Lipinski definition) is 5. The van der Waals surface area contributed by atoms with Gasteiger partial charge >= 0.3 is 12.4 Å². The molecule has 1 atom stereocenters. The molecule has 0 saturated carbocycles. The van der Waals surface area contributed by atoms with Crippen molar-refractivity contribution in [3.05, 3.63) is 48.2 Å². The maximum atomic E-state index is 12.9. The maximum absolute atomic E-state index is 12.9. The maximum Gasteiger partial charge on any atom is 0.573 e. The Morgan fingerprint density at radius 3 is 2.53 bits per heavy atom. The number of fused-ring (bicyclic) bond motifs is 1. The minimum Gasteiger partial charge on any atom is -0.406 e. The van der Waals surface area contributed by atoms with Gasteiger partial charge in [0, 0.05) is 6.20 Å². The molecule has 160 valence electrons. The van der Waals surface area contributed by atoms with Crippen molar-refractivity contribution in [1.82, 2.24) is 10.3 Å². The molecule has 3 amide bonds. The van der Waals surface area contributed by atoms with E-state index in [4.69, 9.17) is 0 Å². The van der Waals surface area contributed by atoms with Gasteiger partial charge in [-0.2, -0.15) is 0 Å². The molecule has 0 unspecified atom stereocenters. The number of carbonyl (C=O) groups is 2. The molecule has 3 N–H and O–H groups in total. The number of nitrogens with zero attached hydrogens (tertiary/aromatic N) is 2. The van der Waals surface area contributed by atoms with Gasteiger partial charge < -0.3 is 20.5 Å². The van der Waals surface area contributed by atoms with Crippen LogP contribution in [0.25, 0.3) is 0 Å². The molecule has 0 bridgehead atoms. The van der Waals surface area contributed by atoms with Crippen molar-refractivity contribution in [2.75, 3.05) is 16.8 Å². The molecule has 0 radical (unpaired) electrons. The van der Waals surface area contributed by atoms with Crippen LogP contribution in [-0.4, -0.2) is 40.5 Å². The Hall–Kier alpha value is -3.34. The van der Waals surface area contributed by atoms with E-state index >= 15 is 0 Å². The third-order valence-corrected chi connectivity index (χ3v) is 4.28. The molecule has 1 aromatic carbocycles. The van der Waals surface area contributed by atoms with Crippen LogP contribution in [0.4, 0.5) is 29.5 Å². The van der Waals surface area contributed by atoms with E-state index < -0.39 is 35.7 Å². The zero-order valence-corrected chi connectivity index (χ0v) is 16.0. The first-order chi connectivity index (χ1) is 13.9. The van der Waals surface area contributed by atoms with Crippen molar-refractivity contribution in [2.24, 2.45) is 0 Å². The Morgan fingerprint density at radius 1 is 1.27 bits per heavy atom. The SMILES string of the molecule is CC(C)(O)[C@H](NC(=O)N1CC(=O)Nc2cccnc21)c1ccc(OC(F)(F)F)cc1. The highest BCUT2D eigenvalue weighted by atomic mass is 19.4. The molecule has 0 aliphatic carbocycles. The van der Waals surface area contributed by atoms with E-state index in [2.05, 4.69) is 20.4 Å². The summed E-state index contributed by atoms with van der Waals surface area (Å²) in [6.07, 6.45) is -3.37. The molecule has 2 aromatic rings. The lowest BCUT2D eigenvalue weighted by Gasteiger charge is -2.34. The van der Waals surface area contributed by atoms with Crippen LogP contribution in [0.3, 0.4) is 0 Å². The number of rotatable bonds is 4. The minimum absolute atomic E-state index is 0.234. The van der Waals surface area contributed by atoms with Gasteiger partial charge in [0.1, 0.15) is 12.3 Å². The van der Waals surface area contributed by atoms with Gasteiger partial charge in [-0.1, -0.05) is 12.1 Å². The van der Waals surface area contributed by atoms with Crippen molar-refractivity contribution in [3.8, 4) is 5.75 Å². The van der Waals surface area contributed by atoms with Crippen LogP contribution < -0.4 is 20.3 Å². The number of nitrogens with one attached hydrogen (secondary N) is 2. The average molecular weight is 424 g/mol. The number of ether oxygens (including phenoxy) is 1. The number of halogens is 3. The highest BCUT2D eigenvalue weighted by Gasteiger charge is 2.35. The van der Waals surface area contributed by atoms with Crippen LogP contribution in [0.1, 0.15) is 25.5 Å². The van der Waals surface area contributed by atoms with Crippen LogP contribution in [0.2, 0.25) is 0 Å². The smallest absolute Gasteiger partial charge is 0.406 e. The Labute approximate surface area is 169 Å². The standard InChI is InChI=1S/C19H19F3N4O4/c1-18(2,29)15(11-5-7-12(8-6-11)30-19(20,21)22)25-17(28)26-10-14(27)24-13-4-3-9-23-16(13)26/h3-9,15,29H,10H2,1-2H3,(H,24,27)(H,25,28)/t15-/m1/s1. The summed E-state index contributed by atoms with van der Waals surface area (Å²) >= 11 is 0. The van der Waals surface area contributed by atoms with Crippen molar-refractivity contribution in [1.29, 1.82) is 0 Å². The van der Waals surface area contributed by atoms with Crippen LogP contribution in [0.15, 0.2) is 42.6 Å². The third-order valence-electron chi connectivity index (χ3n) is 4.28. The van der Waals surface area contributed by atoms with E-state index in [0.717, 1.165) is 17.0 Å². The first-order valence-corrected chi connectivity index (χ1v) is 8.85. The fourth-order valence-corrected chi connectivity index (χ4v) is 3.02. The molecule has 11 heteroatoms. The summed E-state index contributed by atoms with van der Waals surface area (Å²) < 4.78 is 40.9.